The van der Waals surface area contributed by atoms with Gasteiger partial charge in [0.05, 0.1) is 25.8 Å². The Morgan fingerprint density at radius 3 is 3.07 bits per heavy atom. The number of aromatic nitrogens is 2. The summed E-state index contributed by atoms with van der Waals surface area (Å²) in [5.41, 5.74) is 0. The van der Waals surface area contributed by atoms with Crippen molar-refractivity contribution < 1.29 is 9.84 Å². The van der Waals surface area contributed by atoms with Gasteiger partial charge in [0.15, 0.2) is 0 Å². The van der Waals surface area contributed by atoms with Crippen molar-refractivity contribution in [3.8, 4) is 0 Å². The number of methoxy groups -OCH3 is 1. The van der Waals surface area contributed by atoms with Gasteiger partial charge >= 0.3 is 0 Å². The predicted octanol–water partition coefficient (Wildman–Crippen LogP) is -0.520. The number of hydrogen-bond donors (Lipinski definition) is 2. The monoisotopic (exact) mass is 199 g/mol. The maximum absolute atomic E-state index is 8.95. The lowest BCUT2D eigenvalue weighted by atomic mass is 10.3. The first-order valence-electron chi connectivity index (χ1n) is 4.67. The Morgan fingerprint density at radius 2 is 2.50 bits per heavy atom. The van der Waals surface area contributed by atoms with Crippen molar-refractivity contribution in [2.45, 2.75) is 12.6 Å². The van der Waals surface area contributed by atoms with Gasteiger partial charge in [0.25, 0.3) is 0 Å². The van der Waals surface area contributed by atoms with Crippen molar-refractivity contribution in [3.05, 3.63) is 18.5 Å². The normalized spacial score (nSPS) is 13.0. The Labute approximate surface area is 83.7 Å². The second-order valence-electron chi connectivity index (χ2n) is 3.06. The third kappa shape index (κ3) is 3.87. The largest absolute Gasteiger partial charge is 0.395 e. The lowest BCUT2D eigenvalue weighted by Crippen LogP contribution is -2.38. The fourth-order valence-corrected chi connectivity index (χ4v) is 1.19. The maximum atomic E-state index is 8.95. The van der Waals surface area contributed by atoms with Crippen molar-refractivity contribution in [1.29, 1.82) is 0 Å². The fourth-order valence-electron chi connectivity index (χ4n) is 1.19. The molecule has 0 saturated heterocycles. The second kappa shape index (κ2) is 6.53. The number of aliphatic hydroxyl groups excluding tert-OH is 1. The SMILES string of the molecule is COCC(CO)NCCn1cccn1. The van der Waals surface area contributed by atoms with Crippen molar-refractivity contribution in [3.63, 3.8) is 0 Å². The molecule has 1 heterocycles. The summed E-state index contributed by atoms with van der Waals surface area (Å²) in [6.07, 6.45) is 3.66. The summed E-state index contributed by atoms with van der Waals surface area (Å²) in [6, 6.07) is 1.90. The van der Waals surface area contributed by atoms with Gasteiger partial charge in [-0.3, -0.25) is 4.68 Å². The van der Waals surface area contributed by atoms with Gasteiger partial charge in [-0.1, -0.05) is 0 Å². The molecular weight excluding hydrogens is 182 g/mol. The van der Waals surface area contributed by atoms with Crippen molar-refractivity contribution in [2.24, 2.45) is 0 Å². The summed E-state index contributed by atoms with van der Waals surface area (Å²) in [4.78, 5) is 0. The lowest BCUT2D eigenvalue weighted by Gasteiger charge is -2.14. The zero-order chi connectivity index (χ0) is 10.2. The molecule has 0 aliphatic carbocycles. The molecule has 1 unspecified atom stereocenters. The minimum absolute atomic E-state index is 0.00978. The highest BCUT2D eigenvalue weighted by atomic mass is 16.5. The van der Waals surface area contributed by atoms with Crippen LogP contribution < -0.4 is 5.32 Å². The molecule has 5 heteroatoms. The molecule has 0 aliphatic heterocycles. The molecule has 0 bridgehead atoms. The van der Waals surface area contributed by atoms with Gasteiger partial charge in [-0.25, -0.2) is 0 Å². The van der Waals surface area contributed by atoms with E-state index in [4.69, 9.17) is 9.84 Å². The summed E-state index contributed by atoms with van der Waals surface area (Å²) < 4.78 is 6.78. The van der Waals surface area contributed by atoms with Crippen LogP contribution in [0.25, 0.3) is 0 Å². The average molecular weight is 199 g/mol. The van der Waals surface area contributed by atoms with Gasteiger partial charge in [-0.15, -0.1) is 0 Å². The van der Waals surface area contributed by atoms with E-state index in [9.17, 15) is 0 Å². The highest BCUT2D eigenvalue weighted by Gasteiger charge is 2.04. The zero-order valence-electron chi connectivity index (χ0n) is 8.39. The Hall–Kier alpha value is -0.910. The summed E-state index contributed by atoms with van der Waals surface area (Å²) in [6.45, 7) is 2.19. The Kier molecular flexibility index (Phi) is 5.21. The number of aliphatic hydroxyl groups is 1. The smallest absolute Gasteiger partial charge is 0.0638 e. The first-order chi connectivity index (χ1) is 6.86. The lowest BCUT2D eigenvalue weighted by molar-refractivity contribution is 0.128. The van der Waals surface area contributed by atoms with Gasteiger partial charge in [0.2, 0.25) is 0 Å². The third-order valence-corrected chi connectivity index (χ3v) is 1.92. The van der Waals surface area contributed by atoms with E-state index in [1.165, 1.54) is 0 Å². The van der Waals surface area contributed by atoms with Crippen LogP contribution in [0.15, 0.2) is 18.5 Å². The number of hydrogen-bond acceptors (Lipinski definition) is 4. The van der Waals surface area contributed by atoms with Crippen LogP contribution >= 0.6 is 0 Å². The molecule has 0 radical (unpaired) electrons. The van der Waals surface area contributed by atoms with Gasteiger partial charge < -0.3 is 15.2 Å². The molecule has 0 amide bonds. The van der Waals surface area contributed by atoms with Crippen LogP contribution in [0.2, 0.25) is 0 Å². The minimum atomic E-state index is 0.00978. The number of nitrogens with zero attached hydrogens (tertiary/aromatic N) is 2. The standard InChI is InChI=1S/C9H17N3O2/c1-14-8-9(7-13)10-4-6-12-5-2-3-11-12/h2-3,5,9-10,13H,4,6-8H2,1H3. The molecule has 0 fully saturated rings. The number of ether oxygens (including phenoxy) is 1. The van der Waals surface area contributed by atoms with Crippen LogP contribution in [-0.4, -0.2) is 47.8 Å². The maximum Gasteiger partial charge on any atom is 0.0638 e. The molecule has 14 heavy (non-hydrogen) atoms. The van der Waals surface area contributed by atoms with E-state index in [0.717, 1.165) is 13.1 Å². The predicted molar refractivity (Wildman–Crippen MR) is 53.0 cm³/mol. The molecule has 2 N–H and O–H groups in total. The van der Waals surface area contributed by atoms with Crippen LogP contribution in [0.5, 0.6) is 0 Å². The van der Waals surface area contributed by atoms with Gasteiger partial charge in [0.1, 0.15) is 0 Å². The molecule has 5 nitrogen and oxygen atoms in total. The Morgan fingerprint density at radius 1 is 1.64 bits per heavy atom. The summed E-state index contributed by atoms with van der Waals surface area (Å²) in [7, 11) is 1.62. The third-order valence-electron chi connectivity index (χ3n) is 1.92. The minimum Gasteiger partial charge on any atom is -0.395 e. The van der Waals surface area contributed by atoms with E-state index >= 15 is 0 Å². The van der Waals surface area contributed by atoms with E-state index in [1.807, 2.05) is 16.9 Å². The number of rotatable bonds is 7. The zero-order valence-corrected chi connectivity index (χ0v) is 8.39. The highest BCUT2D eigenvalue weighted by Crippen LogP contribution is 1.86. The molecule has 80 valence electrons. The molecule has 0 aromatic carbocycles. The number of nitrogens with one attached hydrogen (secondary N) is 1. The van der Waals surface area contributed by atoms with Gasteiger partial charge in [-0.2, -0.15) is 5.10 Å². The molecule has 0 spiro atoms. The first kappa shape index (κ1) is 11.2. The highest BCUT2D eigenvalue weighted by molar-refractivity contribution is 4.78. The quantitative estimate of drug-likeness (QED) is 0.620. The van der Waals surface area contributed by atoms with Crippen molar-refractivity contribution >= 4 is 0 Å². The molecule has 1 aromatic heterocycles. The molecular formula is C9H17N3O2. The first-order valence-corrected chi connectivity index (χ1v) is 4.67. The fraction of sp³-hybridized carbons (Fsp3) is 0.667. The molecule has 1 rings (SSSR count). The second-order valence-corrected chi connectivity index (χ2v) is 3.06. The van der Waals surface area contributed by atoms with E-state index in [1.54, 1.807) is 13.3 Å². The van der Waals surface area contributed by atoms with Crippen LogP contribution in [0, 0.1) is 0 Å². The summed E-state index contributed by atoms with van der Waals surface area (Å²) in [5.74, 6) is 0. The van der Waals surface area contributed by atoms with Crippen LogP contribution in [-0.2, 0) is 11.3 Å². The van der Waals surface area contributed by atoms with Crippen molar-refractivity contribution in [2.75, 3.05) is 26.9 Å². The Bertz CT molecular complexity index is 226. The summed E-state index contributed by atoms with van der Waals surface area (Å²) in [5, 5.41) is 16.2. The molecule has 0 aliphatic rings. The van der Waals surface area contributed by atoms with Crippen molar-refractivity contribution in [1.82, 2.24) is 15.1 Å². The van der Waals surface area contributed by atoms with E-state index < -0.39 is 0 Å². The van der Waals surface area contributed by atoms with E-state index in [-0.39, 0.29) is 12.6 Å². The summed E-state index contributed by atoms with van der Waals surface area (Å²) >= 11 is 0. The molecule has 1 atom stereocenters. The molecule has 1 aromatic rings. The van der Waals surface area contributed by atoms with E-state index in [2.05, 4.69) is 10.4 Å². The van der Waals surface area contributed by atoms with E-state index in [0.29, 0.717) is 6.61 Å². The van der Waals surface area contributed by atoms with Crippen LogP contribution in [0.1, 0.15) is 0 Å². The van der Waals surface area contributed by atoms with Gasteiger partial charge in [-0.05, 0) is 6.07 Å². The van der Waals surface area contributed by atoms with Gasteiger partial charge in [0, 0.05) is 26.0 Å². The van der Waals surface area contributed by atoms with Crippen LogP contribution in [0.3, 0.4) is 0 Å². The van der Waals surface area contributed by atoms with Crippen LogP contribution in [0.4, 0.5) is 0 Å². The Balaban J connectivity index is 2.13. The topological polar surface area (TPSA) is 59.3 Å². The molecule has 0 saturated carbocycles. The average Bonchev–Trinajstić information content (AvgIpc) is 2.69.